The molecule has 0 bridgehead atoms. The summed E-state index contributed by atoms with van der Waals surface area (Å²) in [7, 11) is -0.896. The third kappa shape index (κ3) is 4.36. The van der Waals surface area contributed by atoms with Gasteiger partial charge in [0.2, 0.25) is 0 Å². The van der Waals surface area contributed by atoms with Crippen molar-refractivity contribution < 1.29 is 18.6 Å². The maximum Gasteiger partial charge on any atom is 0.496 e. The van der Waals surface area contributed by atoms with Crippen LogP contribution in [0.4, 0.5) is 0 Å². The largest absolute Gasteiger partial charge is 0.496 e. The maximum absolute atomic E-state index is 6.11. The van der Waals surface area contributed by atoms with Gasteiger partial charge in [-0.2, -0.15) is 0 Å². The highest BCUT2D eigenvalue weighted by Gasteiger charge is 2.52. The maximum atomic E-state index is 6.11. The highest BCUT2D eigenvalue weighted by atomic mass is 16.7. The molecule has 2 aliphatic rings. The first kappa shape index (κ1) is 25.0. The van der Waals surface area contributed by atoms with Crippen LogP contribution < -0.4 is 10.9 Å². The normalized spacial score (nSPS) is 21.7. The lowest BCUT2D eigenvalue weighted by Gasteiger charge is -2.32. The summed E-state index contributed by atoms with van der Waals surface area (Å²) in [5.74, 6) is 0. The Kier molecular flexibility index (Phi) is 5.87. The van der Waals surface area contributed by atoms with E-state index < -0.39 is 36.6 Å². The number of aromatic nitrogens is 4. The molecule has 3 aromatic rings. The lowest BCUT2D eigenvalue weighted by molar-refractivity contribution is 0.00578. The lowest BCUT2D eigenvalue weighted by Crippen LogP contribution is -2.41. The molecule has 0 N–H and O–H groups in total. The second kappa shape index (κ2) is 8.45. The van der Waals surface area contributed by atoms with Crippen molar-refractivity contribution in [1.82, 2.24) is 19.9 Å². The van der Waals surface area contributed by atoms with Gasteiger partial charge in [-0.15, -0.1) is 0 Å². The van der Waals surface area contributed by atoms with E-state index in [4.69, 9.17) is 18.6 Å². The molecule has 2 saturated heterocycles. The van der Waals surface area contributed by atoms with Crippen LogP contribution in [0.2, 0.25) is 0 Å². The predicted molar refractivity (Wildman–Crippen MR) is 140 cm³/mol. The fourth-order valence-corrected chi connectivity index (χ4v) is 3.94. The van der Waals surface area contributed by atoms with Crippen molar-refractivity contribution in [2.45, 2.75) is 77.8 Å². The van der Waals surface area contributed by atoms with E-state index in [1.54, 1.807) is 24.8 Å². The van der Waals surface area contributed by atoms with Gasteiger partial charge in [0.05, 0.1) is 46.2 Å². The number of hydrogen-bond donors (Lipinski definition) is 0. The zero-order valence-electron chi connectivity index (χ0n) is 22.2. The highest BCUT2D eigenvalue weighted by molar-refractivity contribution is 6.62. The molecule has 2 fully saturated rings. The summed E-state index contributed by atoms with van der Waals surface area (Å²) in [4.78, 5) is 18.2. The molecule has 5 heterocycles. The lowest BCUT2D eigenvalue weighted by atomic mass is 9.80. The van der Waals surface area contributed by atoms with Crippen LogP contribution in [0.1, 0.15) is 55.4 Å². The molecule has 0 spiro atoms. The average molecular weight is 486 g/mol. The molecule has 8 nitrogen and oxygen atoms in total. The minimum Gasteiger partial charge on any atom is -0.399 e. The fraction of sp³-hybridized carbons (Fsp3) is 0.462. The Morgan fingerprint density at radius 1 is 0.444 bits per heavy atom. The van der Waals surface area contributed by atoms with Crippen LogP contribution in [-0.4, -0.2) is 56.6 Å². The second-order valence-corrected chi connectivity index (χ2v) is 11.4. The number of hydrogen-bond acceptors (Lipinski definition) is 8. The van der Waals surface area contributed by atoms with Crippen LogP contribution in [0.3, 0.4) is 0 Å². The Morgan fingerprint density at radius 3 is 1.00 bits per heavy atom. The Hall–Kier alpha value is -2.65. The van der Waals surface area contributed by atoms with Crippen LogP contribution in [0, 0.1) is 0 Å². The van der Waals surface area contributed by atoms with Gasteiger partial charge in [-0.3, -0.25) is 19.9 Å². The van der Waals surface area contributed by atoms with Crippen LogP contribution in [0.25, 0.3) is 22.8 Å². The van der Waals surface area contributed by atoms with E-state index in [0.29, 0.717) is 11.4 Å². The number of pyridine rings is 2. The van der Waals surface area contributed by atoms with Gasteiger partial charge in [0, 0.05) is 23.3 Å². The van der Waals surface area contributed by atoms with E-state index in [0.717, 1.165) is 22.3 Å². The van der Waals surface area contributed by atoms with E-state index >= 15 is 0 Å². The minimum absolute atomic E-state index is 0.395. The first-order valence-corrected chi connectivity index (χ1v) is 12.2. The van der Waals surface area contributed by atoms with Crippen molar-refractivity contribution in [3.8, 4) is 22.8 Å². The molecule has 5 rings (SSSR count). The fourth-order valence-electron chi connectivity index (χ4n) is 3.94. The van der Waals surface area contributed by atoms with Gasteiger partial charge in [-0.05, 0) is 67.5 Å². The molecule has 2 aliphatic heterocycles. The zero-order chi connectivity index (χ0) is 25.9. The summed E-state index contributed by atoms with van der Waals surface area (Å²) in [6.45, 7) is 16.3. The Bertz CT molecular complexity index is 1120. The molecule has 3 aromatic heterocycles. The van der Waals surface area contributed by atoms with Gasteiger partial charge in [0.15, 0.2) is 0 Å². The summed E-state index contributed by atoms with van der Waals surface area (Å²) in [5.41, 5.74) is 2.95. The van der Waals surface area contributed by atoms with Gasteiger partial charge in [-0.1, -0.05) is 12.1 Å². The molecule has 0 amide bonds. The van der Waals surface area contributed by atoms with Crippen molar-refractivity contribution in [1.29, 1.82) is 0 Å². The standard InChI is InChI=1S/C26H32B2N4O4/c1-23(2)24(3,4)34-27(33-23)17-9-11-19(29-13-17)21-15-32-22(16-31-21)20-12-10-18(14-30-20)28-35-25(5,6)26(7,8)36-28/h9-16H,1-8H3. The SMILES string of the molecule is CC1(C)OB(c2ccc(-c3cnc(-c4ccc(B5OC(C)(C)C(C)(C)O5)cn4)cn3)nc2)OC1(C)C. The molecule has 0 unspecified atom stereocenters. The van der Waals surface area contributed by atoms with Gasteiger partial charge in [-0.25, -0.2) is 0 Å². The topological polar surface area (TPSA) is 88.5 Å². The van der Waals surface area contributed by atoms with Gasteiger partial charge < -0.3 is 18.6 Å². The van der Waals surface area contributed by atoms with Crippen molar-refractivity contribution >= 4 is 25.2 Å². The molecule has 0 aromatic carbocycles. The molecule has 0 aliphatic carbocycles. The molecule has 36 heavy (non-hydrogen) atoms. The Morgan fingerprint density at radius 2 is 0.750 bits per heavy atom. The molecule has 186 valence electrons. The molecular weight excluding hydrogens is 454 g/mol. The molecule has 0 radical (unpaired) electrons. The van der Waals surface area contributed by atoms with E-state index in [1.807, 2.05) is 79.7 Å². The highest BCUT2D eigenvalue weighted by Crippen LogP contribution is 2.37. The smallest absolute Gasteiger partial charge is 0.399 e. The van der Waals surface area contributed by atoms with Gasteiger partial charge in [0.25, 0.3) is 0 Å². The Balaban J connectivity index is 1.27. The first-order chi connectivity index (χ1) is 16.8. The summed E-state index contributed by atoms with van der Waals surface area (Å²) in [6.07, 6.45) is 6.94. The summed E-state index contributed by atoms with van der Waals surface area (Å²) in [6, 6.07) is 7.72. The quantitative estimate of drug-likeness (QED) is 0.520. The van der Waals surface area contributed by atoms with Crippen molar-refractivity contribution in [3.63, 3.8) is 0 Å². The van der Waals surface area contributed by atoms with E-state index in [-0.39, 0.29) is 0 Å². The van der Waals surface area contributed by atoms with Crippen LogP contribution in [-0.2, 0) is 18.6 Å². The van der Waals surface area contributed by atoms with Gasteiger partial charge in [0.1, 0.15) is 11.4 Å². The third-order valence-electron chi connectivity index (χ3n) is 7.80. The van der Waals surface area contributed by atoms with Gasteiger partial charge >= 0.3 is 14.2 Å². The van der Waals surface area contributed by atoms with Crippen molar-refractivity contribution in [2.24, 2.45) is 0 Å². The van der Waals surface area contributed by atoms with Crippen LogP contribution in [0.15, 0.2) is 49.1 Å². The monoisotopic (exact) mass is 486 g/mol. The van der Waals surface area contributed by atoms with Crippen LogP contribution >= 0.6 is 0 Å². The van der Waals surface area contributed by atoms with E-state index in [2.05, 4.69) is 19.9 Å². The minimum atomic E-state index is -0.448. The number of nitrogens with zero attached hydrogens (tertiary/aromatic N) is 4. The Labute approximate surface area is 213 Å². The third-order valence-corrected chi connectivity index (χ3v) is 7.80. The molecule has 0 atom stereocenters. The second-order valence-electron chi connectivity index (χ2n) is 11.4. The summed E-state index contributed by atoms with van der Waals surface area (Å²) in [5, 5.41) is 0. The molecular formula is C26H32B2N4O4. The predicted octanol–water partition coefficient (Wildman–Crippen LogP) is 3.20. The van der Waals surface area contributed by atoms with Crippen molar-refractivity contribution in [2.75, 3.05) is 0 Å². The molecule has 10 heteroatoms. The van der Waals surface area contributed by atoms with E-state index in [9.17, 15) is 0 Å². The van der Waals surface area contributed by atoms with Crippen LogP contribution in [0.5, 0.6) is 0 Å². The van der Waals surface area contributed by atoms with Crippen molar-refractivity contribution in [3.05, 3.63) is 49.1 Å². The van der Waals surface area contributed by atoms with E-state index in [1.165, 1.54) is 0 Å². The average Bonchev–Trinajstić information content (AvgIpc) is 3.19. The zero-order valence-corrected chi connectivity index (χ0v) is 22.2. The number of rotatable bonds is 4. The summed E-state index contributed by atoms with van der Waals surface area (Å²) < 4.78 is 24.4. The molecule has 0 saturated carbocycles. The summed E-state index contributed by atoms with van der Waals surface area (Å²) >= 11 is 0. The first-order valence-electron chi connectivity index (χ1n) is 12.2.